The third-order valence-corrected chi connectivity index (χ3v) is 6.75. The predicted molar refractivity (Wildman–Crippen MR) is 106 cm³/mol. The Morgan fingerprint density at radius 2 is 1.72 bits per heavy atom. The maximum Gasteiger partial charge on any atom is 0.272 e. The first-order valence-electron chi connectivity index (χ1n) is 7.83. The van der Waals surface area contributed by atoms with Gasteiger partial charge >= 0.3 is 0 Å². The highest BCUT2D eigenvalue weighted by Gasteiger charge is 2.25. The topological polar surface area (TPSA) is 44.5 Å². The van der Waals surface area contributed by atoms with Gasteiger partial charge in [0, 0.05) is 32.9 Å². The molecule has 1 aromatic heterocycles. The Hall–Kier alpha value is -2.12. The fourth-order valence-corrected chi connectivity index (χ4v) is 4.45. The number of aryl methyl sites for hydroxylation is 1. The number of hydrogen-bond acceptors (Lipinski definition) is 4. The summed E-state index contributed by atoms with van der Waals surface area (Å²) in [6, 6.07) is 14.1. The lowest BCUT2D eigenvalue weighted by Gasteiger charge is -2.21. The molecule has 3 rings (SSSR count). The van der Waals surface area contributed by atoms with Gasteiger partial charge in [0.05, 0.1) is 17.5 Å². The molecule has 132 valence electrons. The quantitative estimate of drug-likeness (QED) is 0.658. The number of sulfonamides is 1. The Morgan fingerprint density at radius 1 is 1.04 bits per heavy atom. The van der Waals surface area contributed by atoms with E-state index in [4.69, 9.17) is 0 Å². The molecule has 0 radical (unpaired) electrons. The molecule has 1 heterocycles. The molecule has 25 heavy (non-hydrogen) atoms. The zero-order chi connectivity index (χ0) is 18.4. The van der Waals surface area contributed by atoms with Crippen molar-refractivity contribution in [3.63, 3.8) is 0 Å². The van der Waals surface area contributed by atoms with Gasteiger partial charge in [0.25, 0.3) is 5.01 Å². The predicted octanol–water partition coefficient (Wildman–Crippen LogP) is 2.85. The lowest BCUT2D eigenvalue weighted by molar-refractivity contribution is -0.629. The summed E-state index contributed by atoms with van der Waals surface area (Å²) in [5, 5.41) is 1.03. The Bertz CT molecular complexity index is 1040. The summed E-state index contributed by atoms with van der Waals surface area (Å²) in [6.07, 6.45) is 1.23. The van der Waals surface area contributed by atoms with Crippen molar-refractivity contribution in [2.75, 3.05) is 36.6 Å². The largest absolute Gasteiger partial charge is 0.378 e. The molecule has 0 atom stereocenters. The second kappa shape index (κ2) is 6.31. The lowest BCUT2D eigenvalue weighted by atomic mass is 10.1. The van der Waals surface area contributed by atoms with Crippen LogP contribution < -0.4 is 13.8 Å². The van der Waals surface area contributed by atoms with Gasteiger partial charge in [-0.25, -0.2) is 8.42 Å². The third kappa shape index (κ3) is 3.21. The van der Waals surface area contributed by atoms with Crippen LogP contribution in [0.4, 0.5) is 11.4 Å². The fourth-order valence-electron chi connectivity index (χ4n) is 2.76. The number of nitrogens with zero attached hydrogens (tertiary/aromatic N) is 3. The van der Waals surface area contributed by atoms with Gasteiger partial charge in [-0.15, -0.1) is 0 Å². The Labute approximate surface area is 152 Å². The van der Waals surface area contributed by atoms with Crippen LogP contribution in [0.5, 0.6) is 0 Å². The average molecular weight is 377 g/mol. The fraction of sp³-hybridized carbons (Fsp3) is 0.278. The van der Waals surface area contributed by atoms with Gasteiger partial charge < -0.3 is 4.90 Å². The molecule has 2 aromatic carbocycles. The van der Waals surface area contributed by atoms with Gasteiger partial charge in [-0.3, -0.25) is 4.31 Å². The van der Waals surface area contributed by atoms with Crippen molar-refractivity contribution >= 4 is 43.0 Å². The maximum absolute atomic E-state index is 12.2. The van der Waals surface area contributed by atoms with Crippen molar-refractivity contribution in [2.45, 2.75) is 0 Å². The van der Waals surface area contributed by atoms with E-state index in [2.05, 4.69) is 16.7 Å². The molecule has 0 aliphatic rings. The average Bonchev–Trinajstić information content (AvgIpc) is 2.90. The molecule has 0 bridgehead atoms. The first-order chi connectivity index (χ1) is 11.7. The summed E-state index contributed by atoms with van der Waals surface area (Å²) in [5.41, 5.74) is 3.67. The van der Waals surface area contributed by atoms with Gasteiger partial charge in [0.15, 0.2) is 0 Å². The lowest BCUT2D eigenvalue weighted by Crippen LogP contribution is -2.30. The monoisotopic (exact) mass is 376 g/mol. The Balaban J connectivity index is 2.29. The highest BCUT2D eigenvalue weighted by atomic mass is 32.2. The first-order valence-corrected chi connectivity index (χ1v) is 10.5. The zero-order valence-electron chi connectivity index (χ0n) is 15.0. The number of para-hydroxylation sites is 1. The van der Waals surface area contributed by atoms with Crippen LogP contribution in [0.3, 0.4) is 0 Å². The molecular formula is C18H22N3O2S2+. The molecule has 0 spiro atoms. The summed E-state index contributed by atoms with van der Waals surface area (Å²) in [6.45, 7) is 0. The molecule has 0 saturated heterocycles. The SMILES string of the molecule is CN(C)c1ccc(-c2sc3ccccc3[n+]2C)c(N(C)S(C)(=O)=O)c1. The van der Waals surface area contributed by atoms with Crippen LogP contribution in [0.2, 0.25) is 0 Å². The minimum absolute atomic E-state index is 0.677. The van der Waals surface area contributed by atoms with Crippen LogP contribution in [0.15, 0.2) is 42.5 Å². The van der Waals surface area contributed by atoms with E-state index >= 15 is 0 Å². The van der Waals surface area contributed by atoms with Crippen molar-refractivity contribution in [3.8, 4) is 10.6 Å². The molecule has 0 amide bonds. The van der Waals surface area contributed by atoms with Gasteiger partial charge in [0.2, 0.25) is 15.5 Å². The van der Waals surface area contributed by atoms with E-state index in [1.165, 1.54) is 15.3 Å². The van der Waals surface area contributed by atoms with Crippen LogP contribution in [-0.4, -0.2) is 35.8 Å². The Morgan fingerprint density at radius 3 is 2.32 bits per heavy atom. The van der Waals surface area contributed by atoms with E-state index in [1.54, 1.807) is 18.4 Å². The van der Waals surface area contributed by atoms with Crippen LogP contribution in [0.25, 0.3) is 20.8 Å². The van der Waals surface area contributed by atoms with E-state index in [-0.39, 0.29) is 0 Å². The molecular weight excluding hydrogens is 354 g/mol. The van der Waals surface area contributed by atoms with Crippen molar-refractivity contribution in [2.24, 2.45) is 7.05 Å². The summed E-state index contributed by atoms with van der Waals surface area (Å²) in [4.78, 5) is 1.97. The van der Waals surface area contributed by atoms with Crippen molar-refractivity contribution in [3.05, 3.63) is 42.5 Å². The third-order valence-electron chi connectivity index (χ3n) is 4.30. The Kier molecular flexibility index (Phi) is 4.47. The van der Waals surface area contributed by atoms with Gasteiger partial charge in [-0.1, -0.05) is 23.5 Å². The first kappa shape index (κ1) is 17.7. The van der Waals surface area contributed by atoms with Crippen molar-refractivity contribution < 1.29 is 13.0 Å². The standard InChI is InChI=1S/C18H22N3O2S2/c1-19(2)13-10-11-14(16(12-13)21(4)25(5,22)23)18-20(3)15-8-6-7-9-17(15)24-18/h6-12H,1-5H3/q+1. The summed E-state index contributed by atoms with van der Waals surface area (Å²) in [7, 11) is 4.13. The van der Waals surface area contributed by atoms with Gasteiger partial charge in [-0.2, -0.15) is 4.57 Å². The van der Waals surface area contributed by atoms with Crippen molar-refractivity contribution in [1.82, 2.24) is 0 Å². The number of rotatable bonds is 4. The van der Waals surface area contributed by atoms with Crippen LogP contribution in [0.1, 0.15) is 0 Å². The molecule has 5 nitrogen and oxygen atoms in total. The van der Waals surface area contributed by atoms with Crippen molar-refractivity contribution in [1.29, 1.82) is 0 Å². The van der Waals surface area contributed by atoms with E-state index in [0.29, 0.717) is 5.69 Å². The number of hydrogen-bond donors (Lipinski definition) is 0. The minimum atomic E-state index is -3.36. The van der Waals surface area contributed by atoms with Crippen LogP contribution in [0, 0.1) is 0 Å². The second-order valence-electron chi connectivity index (χ2n) is 6.26. The molecule has 7 heteroatoms. The van der Waals surface area contributed by atoms with Crippen LogP contribution >= 0.6 is 11.3 Å². The molecule has 3 aromatic rings. The number of aromatic nitrogens is 1. The molecule has 0 unspecified atom stereocenters. The number of thiazole rings is 1. The summed E-state index contributed by atoms with van der Waals surface area (Å²) in [5.74, 6) is 0. The summed E-state index contributed by atoms with van der Waals surface area (Å²) >= 11 is 1.66. The van der Waals surface area contributed by atoms with E-state index in [0.717, 1.165) is 21.8 Å². The molecule has 0 fully saturated rings. The zero-order valence-corrected chi connectivity index (χ0v) is 16.6. The molecule has 0 aliphatic carbocycles. The van der Waals surface area contributed by atoms with Crippen LogP contribution in [-0.2, 0) is 17.1 Å². The van der Waals surface area contributed by atoms with E-state index in [1.807, 2.05) is 56.4 Å². The highest BCUT2D eigenvalue weighted by Crippen LogP contribution is 2.37. The smallest absolute Gasteiger partial charge is 0.272 e. The van der Waals surface area contributed by atoms with E-state index < -0.39 is 10.0 Å². The normalized spacial score (nSPS) is 11.7. The summed E-state index contributed by atoms with van der Waals surface area (Å²) < 4.78 is 29.0. The number of fused-ring (bicyclic) bond motifs is 1. The highest BCUT2D eigenvalue weighted by molar-refractivity contribution is 7.92. The van der Waals surface area contributed by atoms with Gasteiger partial charge in [-0.05, 0) is 24.3 Å². The minimum Gasteiger partial charge on any atom is -0.378 e. The second-order valence-corrected chi connectivity index (χ2v) is 9.30. The number of benzene rings is 2. The molecule has 0 aliphatic heterocycles. The molecule has 0 saturated carbocycles. The maximum atomic E-state index is 12.2. The van der Waals surface area contributed by atoms with E-state index in [9.17, 15) is 8.42 Å². The van der Waals surface area contributed by atoms with Gasteiger partial charge in [0.1, 0.15) is 11.7 Å². The number of anilines is 2. The molecule has 0 N–H and O–H groups in total.